The molecule has 0 aliphatic carbocycles. The highest BCUT2D eigenvalue weighted by molar-refractivity contribution is 6.30. The number of halogens is 1. The third-order valence-electron chi connectivity index (χ3n) is 4.16. The highest BCUT2D eigenvalue weighted by Gasteiger charge is 2.18. The largest absolute Gasteiger partial charge is 0.308 e. The van der Waals surface area contributed by atoms with E-state index in [-0.39, 0.29) is 24.5 Å². The van der Waals surface area contributed by atoms with Gasteiger partial charge in [0, 0.05) is 41.5 Å². The third kappa shape index (κ3) is 5.25. The van der Waals surface area contributed by atoms with Crippen LogP contribution in [0.2, 0.25) is 5.02 Å². The van der Waals surface area contributed by atoms with Crippen molar-refractivity contribution in [3.8, 4) is 0 Å². The fourth-order valence-electron chi connectivity index (χ4n) is 2.74. The number of nitrogens with zero attached hydrogens (tertiary/aromatic N) is 2. The van der Waals surface area contributed by atoms with Crippen LogP contribution in [0.3, 0.4) is 0 Å². The first kappa shape index (κ1) is 18.8. The molecule has 4 nitrogen and oxygen atoms in total. The van der Waals surface area contributed by atoms with Gasteiger partial charge < -0.3 is 4.90 Å². The highest BCUT2D eigenvalue weighted by Crippen LogP contribution is 2.19. The van der Waals surface area contributed by atoms with Crippen LogP contribution in [0.5, 0.6) is 0 Å². The summed E-state index contributed by atoms with van der Waals surface area (Å²) in [4.78, 5) is 31.0. The minimum absolute atomic E-state index is 0.0746. The van der Waals surface area contributed by atoms with Gasteiger partial charge in [-0.3, -0.25) is 14.6 Å². The molecule has 0 saturated heterocycles. The van der Waals surface area contributed by atoms with Crippen LogP contribution in [0, 0.1) is 0 Å². The zero-order valence-electron chi connectivity index (χ0n) is 14.7. The molecule has 5 heteroatoms. The van der Waals surface area contributed by atoms with E-state index in [2.05, 4.69) is 4.98 Å². The first-order valence-corrected chi connectivity index (χ1v) is 9.04. The number of para-hydroxylation sites is 1. The molecule has 0 spiro atoms. The number of carbonyl (C=O) groups is 2. The summed E-state index contributed by atoms with van der Waals surface area (Å²) in [6.07, 6.45) is 3.72. The predicted octanol–water partition coefficient (Wildman–Crippen LogP) is 4.93. The van der Waals surface area contributed by atoms with Gasteiger partial charge in [0.2, 0.25) is 5.91 Å². The normalized spacial score (nSPS) is 10.4. The van der Waals surface area contributed by atoms with Crippen LogP contribution in [0.4, 0.5) is 5.69 Å². The topological polar surface area (TPSA) is 50.3 Å². The Morgan fingerprint density at radius 3 is 2.30 bits per heavy atom. The molecule has 0 unspecified atom stereocenters. The summed E-state index contributed by atoms with van der Waals surface area (Å²) in [5.41, 5.74) is 2.29. The number of ketones is 1. The Balaban J connectivity index is 1.71. The van der Waals surface area contributed by atoms with Crippen molar-refractivity contribution in [2.75, 3.05) is 4.90 Å². The van der Waals surface area contributed by atoms with Crippen LogP contribution in [0.15, 0.2) is 79.1 Å². The van der Waals surface area contributed by atoms with Crippen molar-refractivity contribution >= 4 is 29.0 Å². The van der Waals surface area contributed by atoms with Crippen LogP contribution < -0.4 is 4.90 Å². The molecular formula is C22H19ClN2O2. The molecule has 1 heterocycles. The van der Waals surface area contributed by atoms with Crippen molar-refractivity contribution in [3.63, 3.8) is 0 Å². The lowest BCUT2D eigenvalue weighted by atomic mass is 10.1. The molecule has 0 fully saturated rings. The molecule has 0 atom stereocenters. The zero-order chi connectivity index (χ0) is 19.1. The van der Waals surface area contributed by atoms with Crippen molar-refractivity contribution in [2.45, 2.75) is 19.4 Å². The number of Topliss-reactive ketones (excluding diaryl/α,β-unsaturated/α-hetero) is 1. The first-order valence-electron chi connectivity index (χ1n) is 8.66. The van der Waals surface area contributed by atoms with Gasteiger partial charge in [-0.05, 0) is 48.0 Å². The molecule has 0 bridgehead atoms. The number of hydrogen-bond donors (Lipinski definition) is 0. The number of amides is 1. The molecule has 0 saturated carbocycles. The standard InChI is InChI=1S/C22H19ClN2O2/c23-19-10-8-18(9-11-19)21(26)12-13-22(27)25(20-6-2-1-3-7-20)16-17-5-4-14-24-15-17/h1-11,14-15H,12-13,16H2. The molecular weight excluding hydrogens is 360 g/mol. The molecule has 3 rings (SSSR count). The number of anilines is 1. The summed E-state index contributed by atoms with van der Waals surface area (Å²) < 4.78 is 0. The molecule has 1 aromatic heterocycles. The highest BCUT2D eigenvalue weighted by atomic mass is 35.5. The van der Waals surface area contributed by atoms with E-state index in [0.29, 0.717) is 17.1 Å². The monoisotopic (exact) mass is 378 g/mol. The summed E-state index contributed by atoms with van der Waals surface area (Å²) in [5, 5.41) is 0.578. The van der Waals surface area contributed by atoms with Gasteiger partial charge in [0.05, 0.1) is 6.54 Å². The SMILES string of the molecule is O=C(CCC(=O)N(Cc1cccnc1)c1ccccc1)c1ccc(Cl)cc1. The van der Waals surface area contributed by atoms with E-state index in [1.54, 1.807) is 41.6 Å². The Hall–Kier alpha value is -2.98. The van der Waals surface area contributed by atoms with Crippen LogP contribution in [-0.4, -0.2) is 16.7 Å². The van der Waals surface area contributed by atoms with Crippen LogP contribution in [0.1, 0.15) is 28.8 Å². The maximum absolute atomic E-state index is 12.9. The lowest BCUT2D eigenvalue weighted by molar-refractivity contribution is -0.118. The minimum Gasteiger partial charge on any atom is -0.308 e. The van der Waals surface area contributed by atoms with E-state index in [4.69, 9.17) is 11.6 Å². The summed E-state index contributed by atoms with van der Waals surface area (Å²) in [6.45, 7) is 0.409. The van der Waals surface area contributed by atoms with Crippen LogP contribution >= 0.6 is 11.6 Å². The first-order chi connectivity index (χ1) is 13.1. The number of carbonyl (C=O) groups excluding carboxylic acids is 2. The number of pyridine rings is 1. The van der Waals surface area contributed by atoms with Gasteiger partial charge in [-0.25, -0.2) is 0 Å². The summed E-state index contributed by atoms with van der Waals surface area (Å²) in [5.74, 6) is -0.179. The lowest BCUT2D eigenvalue weighted by Crippen LogP contribution is -2.30. The second-order valence-electron chi connectivity index (χ2n) is 6.11. The molecule has 1 amide bonds. The van der Waals surface area contributed by atoms with Gasteiger partial charge in [-0.15, -0.1) is 0 Å². The van der Waals surface area contributed by atoms with Gasteiger partial charge in [-0.2, -0.15) is 0 Å². The number of rotatable bonds is 7. The maximum Gasteiger partial charge on any atom is 0.227 e. The summed E-state index contributed by atoms with van der Waals surface area (Å²) in [6, 6.07) is 19.9. The lowest BCUT2D eigenvalue weighted by Gasteiger charge is -2.23. The molecule has 3 aromatic rings. The van der Waals surface area contributed by atoms with Crippen molar-refractivity contribution in [3.05, 3.63) is 95.3 Å². The van der Waals surface area contributed by atoms with E-state index in [9.17, 15) is 9.59 Å². The quantitative estimate of drug-likeness (QED) is 0.547. The fraction of sp³-hybridized carbons (Fsp3) is 0.136. The van der Waals surface area contributed by atoms with Gasteiger partial charge >= 0.3 is 0 Å². The van der Waals surface area contributed by atoms with Crippen molar-refractivity contribution in [1.29, 1.82) is 0 Å². The number of benzene rings is 2. The Morgan fingerprint density at radius 1 is 0.889 bits per heavy atom. The average Bonchev–Trinajstić information content (AvgIpc) is 2.72. The molecule has 0 aliphatic rings. The second-order valence-corrected chi connectivity index (χ2v) is 6.54. The Labute approximate surface area is 163 Å². The van der Waals surface area contributed by atoms with Gasteiger partial charge in [0.1, 0.15) is 0 Å². The Bertz CT molecular complexity index is 897. The van der Waals surface area contributed by atoms with E-state index in [1.807, 2.05) is 42.5 Å². The Morgan fingerprint density at radius 2 is 1.63 bits per heavy atom. The van der Waals surface area contributed by atoms with Crippen molar-refractivity contribution in [2.24, 2.45) is 0 Å². The predicted molar refractivity (Wildman–Crippen MR) is 107 cm³/mol. The summed E-state index contributed by atoms with van der Waals surface area (Å²) in [7, 11) is 0. The molecule has 2 aromatic carbocycles. The molecule has 0 N–H and O–H groups in total. The van der Waals surface area contributed by atoms with Crippen molar-refractivity contribution in [1.82, 2.24) is 4.98 Å². The zero-order valence-corrected chi connectivity index (χ0v) is 15.5. The maximum atomic E-state index is 12.9. The number of aromatic nitrogens is 1. The number of hydrogen-bond acceptors (Lipinski definition) is 3. The van der Waals surface area contributed by atoms with E-state index < -0.39 is 0 Å². The Kier molecular flexibility index (Phi) is 6.34. The average molecular weight is 379 g/mol. The van der Waals surface area contributed by atoms with Crippen LogP contribution in [-0.2, 0) is 11.3 Å². The smallest absolute Gasteiger partial charge is 0.227 e. The van der Waals surface area contributed by atoms with E-state index in [1.165, 1.54) is 0 Å². The molecule has 27 heavy (non-hydrogen) atoms. The van der Waals surface area contributed by atoms with Gasteiger partial charge in [0.15, 0.2) is 5.78 Å². The minimum atomic E-state index is -0.104. The summed E-state index contributed by atoms with van der Waals surface area (Å²) >= 11 is 5.85. The third-order valence-corrected chi connectivity index (χ3v) is 4.42. The van der Waals surface area contributed by atoms with Gasteiger partial charge in [0.25, 0.3) is 0 Å². The van der Waals surface area contributed by atoms with E-state index >= 15 is 0 Å². The fourth-order valence-corrected chi connectivity index (χ4v) is 2.87. The van der Waals surface area contributed by atoms with Crippen LogP contribution in [0.25, 0.3) is 0 Å². The second kappa shape index (κ2) is 9.10. The van der Waals surface area contributed by atoms with E-state index in [0.717, 1.165) is 11.3 Å². The van der Waals surface area contributed by atoms with Gasteiger partial charge in [-0.1, -0.05) is 35.9 Å². The molecule has 136 valence electrons. The van der Waals surface area contributed by atoms with Crippen molar-refractivity contribution < 1.29 is 9.59 Å². The molecule has 0 radical (unpaired) electrons. The molecule has 0 aliphatic heterocycles.